The highest BCUT2D eigenvalue weighted by molar-refractivity contribution is 7.15. The molecule has 0 aliphatic carbocycles. The van der Waals surface area contributed by atoms with Crippen molar-refractivity contribution in [2.45, 2.75) is 33.6 Å². The first-order valence-corrected chi connectivity index (χ1v) is 12.4. The Morgan fingerprint density at radius 2 is 1.92 bits per heavy atom. The van der Waals surface area contributed by atoms with E-state index in [1.807, 2.05) is 52.0 Å². The molecule has 0 aliphatic rings. The van der Waals surface area contributed by atoms with Gasteiger partial charge in [-0.1, -0.05) is 48.9 Å². The summed E-state index contributed by atoms with van der Waals surface area (Å²) in [6.45, 7) is 8.50. The second kappa shape index (κ2) is 12.4. The summed E-state index contributed by atoms with van der Waals surface area (Å²) >= 11 is 7.71. The maximum atomic E-state index is 12.6. The van der Waals surface area contributed by atoms with Crippen LogP contribution in [0.4, 0.5) is 5.13 Å². The molecule has 8 nitrogen and oxygen atoms in total. The molecule has 1 heterocycles. The summed E-state index contributed by atoms with van der Waals surface area (Å²) in [5.41, 5.74) is 2.53. The average Bonchev–Trinajstić information content (AvgIpc) is 3.31. The molecule has 1 aromatic heterocycles. The van der Waals surface area contributed by atoms with Gasteiger partial charge in [0.2, 0.25) is 5.13 Å². The number of nitrogens with one attached hydrogen (secondary N) is 1. The number of halogens is 1. The number of methoxy groups -OCH3 is 1. The molecule has 0 unspecified atom stereocenters. The fourth-order valence-corrected chi connectivity index (χ4v) is 4.13. The highest BCUT2D eigenvalue weighted by Gasteiger charge is 2.16. The van der Waals surface area contributed by atoms with E-state index in [0.717, 1.165) is 21.9 Å². The van der Waals surface area contributed by atoms with Crippen LogP contribution in [0.1, 0.15) is 41.5 Å². The summed E-state index contributed by atoms with van der Waals surface area (Å²) in [5, 5.41) is 21.5. The van der Waals surface area contributed by atoms with Crippen LogP contribution in [0.2, 0.25) is 5.02 Å². The lowest BCUT2D eigenvalue weighted by Gasteiger charge is -2.15. The van der Waals surface area contributed by atoms with Crippen LogP contribution in [-0.2, 0) is 4.79 Å². The van der Waals surface area contributed by atoms with Crippen molar-refractivity contribution < 1.29 is 19.0 Å². The van der Waals surface area contributed by atoms with Gasteiger partial charge in [0.1, 0.15) is 35.6 Å². The topological polar surface area (TPSA) is 106 Å². The Labute approximate surface area is 219 Å². The maximum Gasteiger partial charge on any atom is 0.268 e. The number of carbonyl (C=O) groups is 1. The Balaban J connectivity index is 1.69. The van der Waals surface area contributed by atoms with Crippen LogP contribution in [0, 0.1) is 25.2 Å². The smallest absolute Gasteiger partial charge is 0.268 e. The van der Waals surface area contributed by atoms with Crippen molar-refractivity contribution in [1.82, 2.24) is 10.2 Å². The lowest BCUT2D eigenvalue weighted by molar-refractivity contribution is -0.112. The molecule has 3 rings (SSSR count). The van der Waals surface area contributed by atoms with Crippen molar-refractivity contribution in [1.29, 1.82) is 5.26 Å². The molecule has 188 valence electrons. The van der Waals surface area contributed by atoms with Gasteiger partial charge in [-0.15, -0.1) is 10.2 Å². The molecule has 1 amide bonds. The quantitative estimate of drug-likeness (QED) is 0.198. The fourth-order valence-electron chi connectivity index (χ4n) is 3.12. The summed E-state index contributed by atoms with van der Waals surface area (Å²) in [6.07, 6.45) is 1.42. The summed E-state index contributed by atoms with van der Waals surface area (Å²) in [6, 6.07) is 11.1. The zero-order chi connectivity index (χ0) is 26.2. The predicted octanol–water partition coefficient (Wildman–Crippen LogP) is 5.94. The Bertz CT molecular complexity index is 1310. The molecule has 0 aliphatic heterocycles. The number of aryl methyl sites for hydroxylation is 2. The summed E-state index contributed by atoms with van der Waals surface area (Å²) in [4.78, 5) is 12.6. The van der Waals surface area contributed by atoms with Gasteiger partial charge in [0.25, 0.3) is 5.91 Å². The van der Waals surface area contributed by atoms with Gasteiger partial charge in [-0.3, -0.25) is 10.1 Å². The van der Waals surface area contributed by atoms with E-state index in [0.29, 0.717) is 28.8 Å². The molecule has 0 fully saturated rings. The largest absolute Gasteiger partial charge is 0.493 e. The SMILES string of the molecule is COc1cc(/C=C(/C#N)C(=O)Nc2nnc(C(C)C)s2)cc(Cl)c1OCCOc1cc(C)ccc1C. The van der Waals surface area contributed by atoms with Crippen LogP contribution in [0.3, 0.4) is 0 Å². The number of rotatable bonds is 10. The van der Waals surface area contributed by atoms with Crippen molar-refractivity contribution in [3.8, 4) is 23.3 Å². The minimum Gasteiger partial charge on any atom is -0.493 e. The van der Waals surface area contributed by atoms with E-state index in [2.05, 4.69) is 15.5 Å². The molecule has 0 spiro atoms. The Morgan fingerprint density at radius 3 is 2.58 bits per heavy atom. The molecule has 1 N–H and O–H groups in total. The number of carbonyl (C=O) groups excluding carboxylic acids is 1. The monoisotopic (exact) mass is 526 g/mol. The number of ether oxygens (including phenoxy) is 3. The summed E-state index contributed by atoms with van der Waals surface area (Å²) in [7, 11) is 1.48. The lowest BCUT2D eigenvalue weighted by Crippen LogP contribution is -2.13. The van der Waals surface area contributed by atoms with Gasteiger partial charge >= 0.3 is 0 Å². The Morgan fingerprint density at radius 1 is 1.17 bits per heavy atom. The van der Waals surface area contributed by atoms with Gasteiger partial charge in [-0.25, -0.2) is 0 Å². The lowest BCUT2D eigenvalue weighted by atomic mass is 10.1. The van der Waals surface area contributed by atoms with Crippen LogP contribution in [-0.4, -0.2) is 36.4 Å². The molecular formula is C26H27ClN4O4S. The minimum atomic E-state index is -0.594. The van der Waals surface area contributed by atoms with Crippen LogP contribution < -0.4 is 19.5 Å². The number of nitrogens with zero attached hydrogens (tertiary/aromatic N) is 3. The van der Waals surface area contributed by atoms with Gasteiger partial charge in [0, 0.05) is 5.92 Å². The van der Waals surface area contributed by atoms with Gasteiger partial charge in [-0.05, 0) is 54.8 Å². The molecular weight excluding hydrogens is 500 g/mol. The minimum absolute atomic E-state index is 0.120. The highest BCUT2D eigenvalue weighted by Crippen LogP contribution is 2.37. The van der Waals surface area contributed by atoms with E-state index < -0.39 is 5.91 Å². The summed E-state index contributed by atoms with van der Waals surface area (Å²) < 4.78 is 17.1. The van der Waals surface area contributed by atoms with E-state index in [1.54, 1.807) is 12.1 Å². The van der Waals surface area contributed by atoms with Crippen molar-refractivity contribution in [2.24, 2.45) is 0 Å². The van der Waals surface area contributed by atoms with Crippen molar-refractivity contribution in [3.05, 3.63) is 62.6 Å². The van der Waals surface area contributed by atoms with Crippen LogP contribution >= 0.6 is 22.9 Å². The second-order valence-corrected chi connectivity index (χ2v) is 9.64. The molecule has 0 atom stereocenters. The van der Waals surface area contributed by atoms with Gasteiger partial charge in [0.05, 0.1) is 12.1 Å². The third kappa shape index (κ3) is 6.97. The molecule has 0 bridgehead atoms. The zero-order valence-corrected chi connectivity index (χ0v) is 22.3. The number of hydrogen-bond donors (Lipinski definition) is 1. The normalized spacial score (nSPS) is 11.2. The van der Waals surface area contributed by atoms with Gasteiger partial charge in [0.15, 0.2) is 11.5 Å². The molecule has 36 heavy (non-hydrogen) atoms. The van der Waals surface area contributed by atoms with Crippen molar-refractivity contribution in [2.75, 3.05) is 25.6 Å². The number of benzene rings is 2. The van der Waals surface area contributed by atoms with Crippen LogP contribution in [0.25, 0.3) is 6.08 Å². The Hall–Kier alpha value is -3.61. The first-order chi connectivity index (χ1) is 17.2. The predicted molar refractivity (Wildman–Crippen MR) is 141 cm³/mol. The third-order valence-corrected chi connectivity index (χ3v) is 6.43. The van der Waals surface area contributed by atoms with E-state index >= 15 is 0 Å². The first kappa shape index (κ1) is 27.0. The first-order valence-electron chi connectivity index (χ1n) is 11.2. The standard InChI is InChI=1S/C26H27ClN4O4S/c1-15(2)25-30-31-26(36-25)29-24(32)19(14-28)11-18-12-20(27)23(22(13-18)33-5)35-9-8-34-21-10-16(3)6-7-17(21)4/h6-7,10-13,15H,8-9H2,1-5H3,(H,29,31,32)/b19-11-. The second-order valence-electron chi connectivity index (χ2n) is 8.22. The van der Waals surface area contributed by atoms with E-state index in [1.165, 1.54) is 24.5 Å². The summed E-state index contributed by atoms with van der Waals surface area (Å²) in [5.74, 6) is 1.10. The molecule has 0 saturated heterocycles. The number of amides is 1. The highest BCUT2D eigenvalue weighted by atomic mass is 35.5. The van der Waals surface area contributed by atoms with E-state index in [-0.39, 0.29) is 23.1 Å². The number of hydrogen-bond acceptors (Lipinski definition) is 8. The van der Waals surface area contributed by atoms with Gasteiger partial charge < -0.3 is 14.2 Å². The zero-order valence-electron chi connectivity index (χ0n) is 20.7. The molecule has 0 saturated carbocycles. The molecule has 2 aromatic carbocycles. The van der Waals surface area contributed by atoms with Gasteiger partial charge in [-0.2, -0.15) is 5.26 Å². The fraction of sp³-hybridized carbons (Fsp3) is 0.308. The van der Waals surface area contributed by atoms with Crippen LogP contribution in [0.5, 0.6) is 17.2 Å². The molecule has 0 radical (unpaired) electrons. The Kier molecular flexibility index (Phi) is 9.28. The third-order valence-electron chi connectivity index (χ3n) is 5.01. The van der Waals surface area contributed by atoms with E-state index in [9.17, 15) is 10.1 Å². The maximum absolute atomic E-state index is 12.6. The average molecular weight is 527 g/mol. The number of nitriles is 1. The van der Waals surface area contributed by atoms with E-state index in [4.69, 9.17) is 25.8 Å². The molecule has 10 heteroatoms. The molecule has 3 aromatic rings. The number of anilines is 1. The number of aromatic nitrogens is 2. The van der Waals surface area contributed by atoms with Crippen LogP contribution in [0.15, 0.2) is 35.9 Å². The van der Waals surface area contributed by atoms with Crippen molar-refractivity contribution in [3.63, 3.8) is 0 Å². The van der Waals surface area contributed by atoms with Crippen molar-refractivity contribution >= 4 is 40.1 Å².